The molecule has 1 heterocycles. The summed E-state index contributed by atoms with van der Waals surface area (Å²) in [4.78, 5) is 27.7. The first kappa shape index (κ1) is 22.8. The summed E-state index contributed by atoms with van der Waals surface area (Å²) in [6, 6.07) is 4.67. The summed E-state index contributed by atoms with van der Waals surface area (Å²) in [7, 11) is -2.27. The predicted molar refractivity (Wildman–Crippen MR) is 111 cm³/mol. The fourth-order valence-electron chi connectivity index (χ4n) is 3.03. The molecule has 0 unspecified atom stereocenters. The number of carboxylic acids is 1. The van der Waals surface area contributed by atoms with Gasteiger partial charge in [-0.3, -0.25) is 4.31 Å². The standard InChI is InChI=1S/C19H29N3O6S/c1-19(2,3)28-18(25)22-10-6-9-21(11-12-22)14-7-8-16(15(13-14)17(23)24)20(4)29(5,26)27/h7-8,13H,6,9-12H2,1-5H3,(H,23,24). The van der Waals surface area contributed by atoms with Crippen LogP contribution in [0.2, 0.25) is 0 Å². The van der Waals surface area contributed by atoms with E-state index in [0.717, 1.165) is 10.6 Å². The molecular weight excluding hydrogens is 398 g/mol. The lowest BCUT2D eigenvalue weighted by Gasteiger charge is -2.27. The number of rotatable bonds is 4. The number of anilines is 2. The zero-order valence-electron chi connectivity index (χ0n) is 17.5. The lowest BCUT2D eigenvalue weighted by Crippen LogP contribution is -2.39. The molecule has 0 atom stereocenters. The van der Waals surface area contributed by atoms with Gasteiger partial charge in [0.05, 0.1) is 17.5 Å². The molecule has 1 aromatic carbocycles. The Morgan fingerprint density at radius 3 is 2.34 bits per heavy atom. The van der Waals surface area contributed by atoms with Gasteiger partial charge in [0.1, 0.15) is 5.60 Å². The van der Waals surface area contributed by atoms with Crippen molar-refractivity contribution in [2.24, 2.45) is 0 Å². The largest absolute Gasteiger partial charge is 0.478 e. The minimum Gasteiger partial charge on any atom is -0.478 e. The second kappa shape index (κ2) is 8.48. The van der Waals surface area contributed by atoms with Gasteiger partial charge in [-0.1, -0.05) is 0 Å². The van der Waals surface area contributed by atoms with Crippen LogP contribution in [-0.2, 0) is 14.8 Å². The molecule has 1 N–H and O–H groups in total. The Hall–Kier alpha value is -2.49. The van der Waals surface area contributed by atoms with Crippen LogP contribution < -0.4 is 9.21 Å². The topological polar surface area (TPSA) is 107 Å². The van der Waals surface area contributed by atoms with Crippen molar-refractivity contribution in [2.45, 2.75) is 32.8 Å². The normalized spacial score (nSPS) is 15.6. The first-order valence-electron chi connectivity index (χ1n) is 9.34. The molecule has 1 aliphatic heterocycles. The Morgan fingerprint density at radius 2 is 1.79 bits per heavy atom. The smallest absolute Gasteiger partial charge is 0.410 e. The molecule has 1 saturated heterocycles. The molecule has 0 saturated carbocycles. The van der Waals surface area contributed by atoms with E-state index < -0.39 is 21.6 Å². The second-order valence-electron chi connectivity index (χ2n) is 8.05. The van der Waals surface area contributed by atoms with Crippen LogP contribution in [0.3, 0.4) is 0 Å². The Labute approximate surface area is 171 Å². The summed E-state index contributed by atoms with van der Waals surface area (Å²) in [5.74, 6) is -1.21. The number of benzene rings is 1. The van der Waals surface area contributed by atoms with Crippen molar-refractivity contribution in [3.8, 4) is 0 Å². The monoisotopic (exact) mass is 427 g/mol. The Balaban J connectivity index is 2.22. The fourth-order valence-corrected chi connectivity index (χ4v) is 3.55. The fraction of sp³-hybridized carbons (Fsp3) is 0.579. The molecule has 0 aromatic heterocycles. The quantitative estimate of drug-likeness (QED) is 0.785. The highest BCUT2D eigenvalue weighted by Gasteiger charge is 2.26. The van der Waals surface area contributed by atoms with Gasteiger partial charge in [-0.15, -0.1) is 0 Å². The van der Waals surface area contributed by atoms with Crippen molar-refractivity contribution in [1.29, 1.82) is 0 Å². The van der Waals surface area contributed by atoms with Gasteiger partial charge in [0.2, 0.25) is 10.0 Å². The van der Waals surface area contributed by atoms with E-state index in [-0.39, 0.29) is 17.3 Å². The number of amides is 1. The summed E-state index contributed by atoms with van der Waals surface area (Å²) >= 11 is 0. The predicted octanol–water partition coefficient (Wildman–Crippen LogP) is 2.23. The third kappa shape index (κ3) is 5.99. The van der Waals surface area contributed by atoms with Crippen LogP contribution in [0.25, 0.3) is 0 Å². The first-order chi connectivity index (χ1) is 13.3. The van der Waals surface area contributed by atoms with Gasteiger partial charge in [0.25, 0.3) is 0 Å². The molecule has 10 heteroatoms. The van der Waals surface area contributed by atoms with Crippen molar-refractivity contribution >= 4 is 33.5 Å². The molecule has 162 valence electrons. The maximum Gasteiger partial charge on any atom is 0.410 e. The molecule has 1 aliphatic rings. The zero-order chi connectivity index (χ0) is 22.0. The van der Waals surface area contributed by atoms with Crippen molar-refractivity contribution in [1.82, 2.24) is 4.90 Å². The number of hydrogen-bond acceptors (Lipinski definition) is 6. The molecule has 1 fully saturated rings. The lowest BCUT2D eigenvalue weighted by molar-refractivity contribution is 0.0263. The molecule has 0 aliphatic carbocycles. The molecular formula is C19H29N3O6S. The van der Waals surface area contributed by atoms with Crippen LogP contribution in [0.1, 0.15) is 37.6 Å². The average molecular weight is 428 g/mol. The highest BCUT2D eigenvalue weighted by atomic mass is 32.2. The van der Waals surface area contributed by atoms with E-state index in [2.05, 4.69) is 0 Å². The van der Waals surface area contributed by atoms with Gasteiger partial charge in [0, 0.05) is 38.9 Å². The van der Waals surface area contributed by atoms with Crippen LogP contribution in [-0.4, -0.2) is 75.6 Å². The van der Waals surface area contributed by atoms with E-state index in [1.165, 1.54) is 19.2 Å². The Kier molecular flexibility index (Phi) is 6.67. The summed E-state index contributed by atoms with van der Waals surface area (Å²) in [5, 5.41) is 9.57. The molecule has 0 spiro atoms. The highest BCUT2D eigenvalue weighted by molar-refractivity contribution is 7.92. The van der Waals surface area contributed by atoms with E-state index in [4.69, 9.17) is 4.74 Å². The summed E-state index contributed by atoms with van der Waals surface area (Å²) in [6.07, 6.45) is 1.36. The van der Waals surface area contributed by atoms with Crippen LogP contribution in [0.15, 0.2) is 18.2 Å². The number of ether oxygens (including phenoxy) is 1. The minimum atomic E-state index is -3.59. The van der Waals surface area contributed by atoms with Gasteiger partial charge < -0.3 is 19.6 Å². The molecule has 0 bridgehead atoms. The Morgan fingerprint density at radius 1 is 1.14 bits per heavy atom. The van der Waals surface area contributed by atoms with Crippen molar-refractivity contribution < 1.29 is 27.9 Å². The molecule has 0 radical (unpaired) electrons. The summed E-state index contributed by atoms with van der Waals surface area (Å²) < 4.78 is 30.0. The average Bonchev–Trinajstić information content (AvgIpc) is 2.84. The lowest BCUT2D eigenvalue weighted by atomic mass is 10.1. The number of carboxylic acid groups (broad SMARTS) is 1. The van der Waals surface area contributed by atoms with Crippen LogP contribution in [0, 0.1) is 0 Å². The number of nitrogens with zero attached hydrogens (tertiary/aromatic N) is 3. The number of carbonyl (C=O) groups is 2. The van der Waals surface area contributed by atoms with E-state index in [1.54, 1.807) is 11.0 Å². The van der Waals surface area contributed by atoms with Crippen molar-refractivity contribution in [3.63, 3.8) is 0 Å². The zero-order valence-corrected chi connectivity index (χ0v) is 18.3. The molecule has 1 amide bonds. The maximum absolute atomic E-state index is 12.3. The highest BCUT2D eigenvalue weighted by Crippen LogP contribution is 2.28. The van der Waals surface area contributed by atoms with Gasteiger partial charge in [-0.05, 0) is 45.4 Å². The van der Waals surface area contributed by atoms with Crippen molar-refractivity contribution in [3.05, 3.63) is 23.8 Å². The van der Waals surface area contributed by atoms with Gasteiger partial charge in [-0.25, -0.2) is 18.0 Å². The van der Waals surface area contributed by atoms with E-state index in [1.807, 2.05) is 25.7 Å². The summed E-state index contributed by atoms with van der Waals surface area (Å²) in [6.45, 7) is 7.60. The van der Waals surface area contributed by atoms with Crippen molar-refractivity contribution in [2.75, 3.05) is 48.7 Å². The molecule has 29 heavy (non-hydrogen) atoms. The molecule has 1 aromatic rings. The van der Waals surface area contributed by atoms with Gasteiger partial charge in [0.15, 0.2) is 0 Å². The van der Waals surface area contributed by atoms with E-state index in [0.29, 0.717) is 38.3 Å². The second-order valence-corrected chi connectivity index (χ2v) is 10.1. The Bertz CT molecular complexity index is 878. The SMILES string of the molecule is CN(c1ccc(N2CCCN(C(=O)OC(C)(C)C)CC2)cc1C(=O)O)S(C)(=O)=O. The van der Waals surface area contributed by atoms with Crippen LogP contribution in [0.5, 0.6) is 0 Å². The number of sulfonamides is 1. The third-order valence-corrected chi connectivity index (χ3v) is 5.75. The molecule has 2 rings (SSSR count). The van der Waals surface area contributed by atoms with Crippen LogP contribution >= 0.6 is 0 Å². The number of carbonyl (C=O) groups excluding carboxylic acids is 1. The minimum absolute atomic E-state index is 0.0938. The number of hydrogen-bond donors (Lipinski definition) is 1. The molecule has 9 nitrogen and oxygen atoms in total. The first-order valence-corrected chi connectivity index (χ1v) is 11.2. The van der Waals surface area contributed by atoms with Crippen LogP contribution in [0.4, 0.5) is 16.2 Å². The van der Waals surface area contributed by atoms with Gasteiger partial charge >= 0.3 is 12.1 Å². The van der Waals surface area contributed by atoms with Gasteiger partial charge in [-0.2, -0.15) is 0 Å². The third-order valence-electron chi connectivity index (χ3n) is 4.56. The summed E-state index contributed by atoms with van der Waals surface area (Å²) in [5.41, 5.74) is 0.109. The maximum atomic E-state index is 12.3. The van der Waals surface area contributed by atoms with E-state index >= 15 is 0 Å². The van der Waals surface area contributed by atoms with E-state index in [9.17, 15) is 23.1 Å². The number of aromatic carboxylic acids is 1.